The fourth-order valence-corrected chi connectivity index (χ4v) is 2.86. The minimum Gasteiger partial charge on any atom is -0.497 e. The number of methoxy groups -OCH3 is 2. The number of hydrogen-bond acceptors (Lipinski definition) is 4. The van der Waals surface area contributed by atoms with E-state index in [0.717, 1.165) is 30.6 Å². The lowest BCUT2D eigenvalue weighted by Gasteiger charge is -2.39. The van der Waals surface area contributed by atoms with Crippen LogP contribution in [-0.2, 0) is 15.1 Å². The Morgan fingerprint density at radius 1 is 1.26 bits per heavy atom. The van der Waals surface area contributed by atoms with Gasteiger partial charge in [0.2, 0.25) is 0 Å². The Labute approximate surface area is 114 Å². The van der Waals surface area contributed by atoms with Crippen LogP contribution in [0.15, 0.2) is 24.3 Å². The number of ether oxygens (including phenoxy) is 2. The monoisotopic (exact) mass is 263 g/mol. The number of carbonyl (C=O) groups excluding carboxylic acids is 1. The third-order valence-corrected chi connectivity index (χ3v) is 4.03. The lowest BCUT2D eigenvalue weighted by molar-refractivity contribution is -0.139. The van der Waals surface area contributed by atoms with Crippen molar-refractivity contribution in [3.63, 3.8) is 0 Å². The van der Waals surface area contributed by atoms with E-state index in [1.54, 1.807) is 14.2 Å². The maximum Gasteiger partial charge on any atom is 0.185 e. The standard InChI is InChI=1S/C15H21NO3/c1-16-15(10-4-5-13(19-3)14(15)17)11-6-8-12(18-2)9-7-11/h6-9,13,16H,4-5,10H2,1-3H3/t13-,15-/m0/s1. The zero-order valence-electron chi connectivity index (χ0n) is 11.7. The summed E-state index contributed by atoms with van der Waals surface area (Å²) in [5, 5.41) is 3.21. The normalized spacial score (nSPS) is 27.3. The minimum atomic E-state index is -0.634. The summed E-state index contributed by atoms with van der Waals surface area (Å²) >= 11 is 0. The SMILES string of the molecule is CN[C@]1(c2ccc(OC)cc2)CCC[C@H](OC)C1=O. The van der Waals surface area contributed by atoms with Gasteiger partial charge in [-0.2, -0.15) is 0 Å². The molecule has 1 aromatic carbocycles. The third kappa shape index (κ3) is 2.38. The summed E-state index contributed by atoms with van der Waals surface area (Å²) in [6.07, 6.45) is 2.25. The van der Waals surface area contributed by atoms with Crippen LogP contribution in [0.5, 0.6) is 5.75 Å². The molecule has 0 bridgehead atoms. The van der Waals surface area contributed by atoms with Gasteiger partial charge in [-0.25, -0.2) is 0 Å². The molecule has 0 amide bonds. The van der Waals surface area contributed by atoms with Crippen LogP contribution in [0.2, 0.25) is 0 Å². The van der Waals surface area contributed by atoms with Crippen LogP contribution in [0, 0.1) is 0 Å². The predicted octanol–water partition coefficient (Wildman–Crippen LogP) is 1.88. The first-order valence-electron chi connectivity index (χ1n) is 6.58. The van der Waals surface area contributed by atoms with Gasteiger partial charge in [0.1, 0.15) is 17.4 Å². The first-order valence-corrected chi connectivity index (χ1v) is 6.58. The fraction of sp³-hybridized carbons (Fsp3) is 0.533. The van der Waals surface area contributed by atoms with Gasteiger partial charge in [0, 0.05) is 7.11 Å². The van der Waals surface area contributed by atoms with Crippen molar-refractivity contribution in [2.24, 2.45) is 0 Å². The van der Waals surface area contributed by atoms with Crippen LogP contribution in [0.1, 0.15) is 24.8 Å². The van der Waals surface area contributed by atoms with Crippen LogP contribution in [0.4, 0.5) is 0 Å². The number of likely N-dealkylation sites (N-methyl/N-ethyl adjacent to an activating group) is 1. The van der Waals surface area contributed by atoms with E-state index in [0.29, 0.717) is 0 Å². The number of Topliss-reactive ketones (excluding diaryl/α,β-unsaturated/α-hetero) is 1. The van der Waals surface area contributed by atoms with Crippen molar-refractivity contribution in [3.8, 4) is 5.75 Å². The molecule has 1 N–H and O–H groups in total. The lowest BCUT2D eigenvalue weighted by atomic mass is 9.74. The second-order valence-electron chi connectivity index (χ2n) is 4.86. The Kier molecular flexibility index (Phi) is 4.22. The largest absolute Gasteiger partial charge is 0.497 e. The van der Waals surface area contributed by atoms with Crippen molar-refractivity contribution in [2.75, 3.05) is 21.3 Å². The molecule has 0 spiro atoms. The van der Waals surface area contributed by atoms with Crippen molar-refractivity contribution >= 4 is 5.78 Å². The highest BCUT2D eigenvalue weighted by molar-refractivity contribution is 5.94. The Morgan fingerprint density at radius 2 is 1.95 bits per heavy atom. The molecule has 104 valence electrons. The summed E-state index contributed by atoms with van der Waals surface area (Å²) in [4.78, 5) is 12.6. The van der Waals surface area contributed by atoms with Crippen molar-refractivity contribution in [1.82, 2.24) is 5.32 Å². The van der Waals surface area contributed by atoms with E-state index in [-0.39, 0.29) is 11.9 Å². The van der Waals surface area contributed by atoms with E-state index in [2.05, 4.69) is 5.32 Å². The number of benzene rings is 1. The number of hydrogen-bond donors (Lipinski definition) is 1. The molecular weight excluding hydrogens is 242 g/mol. The van der Waals surface area contributed by atoms with Gasteiger partial charge in [0.05, 0.1) is 7.11 Å². The molecule has 4 nitrogen and oxygen atoms in total. The molecular formula is C15H21NO3. The summed E-state index contributed by atoms with van der Waals surface area (Å²) in [6.45, 7) is 0. The van der Waals surface area contributed by atoms with Gasteiger partial charge in [0.15, 0.2) is 5.78 Å². The summed E-state index contributed by atoms with van der Waals surface area (Å²) in [6, 6.07) is 7.67. The lowest BCUT2D eigenvalue weighted by Crippen LogP contribution is -2.54. The van der Waals surface area contributed by atoms with E-state index in [1.165, 1.54) is 0 Å². The molecule has 1 fully saturated rings. The van der Waals surface area contributed by atoms with E-state index in [9.17, 15) is 4.79 Å². The van der Waals surface area contributed by atoms with Crippen molar-refractivity contribution in [2.45, 2.75) is 30.9 Å². The second-order valence-corrected chi connectivity index (χ2v) is 4.86. The van der Waals surface area contributed by atoms with Gasteiger partial charge >= 0.3 is 0 Å². The summed E-state index contributed by atoms with van der Waals surface area (Å²) < 4.78 is 10.5. The predicted molar refractivity (Wildman–Crippen MR) is 73.4 cm³/mol. The highest BCUT2D eigenvalue weighted by atomic mass is 16.5. The molecule has 1 saturated carbocycles. The minimum absolute atomic E-state index is 0.119. The van der Waals surface area contributed by atoms with Gasteiger partial charge in [-0.3, -0.25) is 4.79 Å². The van der Waals surface area contributed by atoms with E-state index in [4.69, 9.17) is 9.47 Å². The zero-order chi connectivity index (χ0) is 13.9. The molecule has 1 aromatic rings. The van der Waals surface area contributed by atoms with Gasteiger partial charge in [0.25, 0.3) is 0 Å². The first kappa shape index (κ1) is 14.0. The zero-order valence-corrected chi connectivity index (χ0v) is 11.7. The Morgan fingerprint density at radius 3 is 2.47 bits per heavy atom. The second kappa shape index (κ2) is 5.72. The first-order chi connectivity index (χ1) is 9.17. The highest BCUT2D eigenvalue weighted by Gasteiger charge is 2.45. The molecule has 0 saturated heterocycles. The van der Waals surface area contributed by atoms with Crippen LogP contribution in [0.25, 0.3) is 0 Å². The summed E-state index contributed by atoms with van der Waals surface area (Å²) in [7, 11) is 5.07. The summed E-state index contributed by atoms with van der Waals surface area (Å²) in [5.41, 5.74) is 0.341. The average molecular weight is 263 g/mol. The average Bonchev–Trinajstić information content (AvgIpc) is 2.48. The Bertz CT molecular complexity index is 443. The quantitative estimate of drug-likeness (QED) is 0.901. The third-order valence-electron chi connectivity index (χ3n) is 4.03. The van der Waals surface area contributed by atoms with Crippen LogP contribution in [0.3, 0.4) is 0 Å². The smallest absolute Gasteiger partial charge is 0.185 e. The highest BCUT2D eigenvalue weighted by Crippen LogP contribution is 2.35. The molecule has 1 aliphatic rings. The number of nitrogens with one attached hydrogen (secondary N) is 1. The number of ketones is 1. The van der Waals surface area contributed by atoms with Crippen LogP contribution in [-0.4, -0.2) is 33.2 Å². The molecule has 2 rings (SSSR count). The van der Waals surface area contributed by atoms with Crippen molar-refractivity contribution in [3.05, 3.63) is 29.8 Å². The molecule has 19 heavy (non-hydrogen) atoms. The molecule has 0 aromatic heterocycles. The molecule has 0 radical (unpaired) electrons. The Hall–Kier alpha value is -1.39. The molecule has 2 atom stereocenters. The summed E-state index contributed by atoms with van der Waals surface area (Å²) in [5.74, 6) is 0.912. The van der Waals surface area contributed by atoms with Gasteiger partial charge in [-0.05, 0) is 44.0 Å². The number of rotatable bonds is 4. The van der Waals surface area contributed by atoms with Gasteiger partial charge in [-0.15, -0.1) is 0 Å². The van der Waals surface area contributed by atoms with E-state index in [1.807, 2.05) is 31.3 Å². The molecule has 0 aliphatic heterocycles. The van der Waals surface area contributed by atoms with Gasteiger partial charge < -0.3 is 14.8 Å². The maximum absolute atomic E-state index is 12.6. The van der Waals surface area contributed by atoms with E-state index >= 15 is 0 Å². The topological polar surface area (TPSA) is 47.6 Å². The fourth-order valence-electron chi connectivity index (χ4n) is 2.86. The Balaban J connectivity index is 2.37. The molecule has 0 unspecified atom stereocenters. The van der Waals surface area contributed by atoms with Crippen LogP contribution >= 0.6 is 0 Å². The maximum atomic E-state index is 12.6. The van der Waals surface area contributed by atoms with E-state index < -0.39 is 5.54 Å². The molecule has 1 aliphatic carbocycles. The van der Waals surface area contributed by atoms with Gasteiger partial charge in [-0.1, -0.05) is 12.1 Å². The van der Waals surface area contributed by atoms with Crippen molar-refractivity contribution in [1.29, 1.82) is 0 Å². The van der Waals surface area contributed by atoms with Crippen molar-refractivity contribution < 1.29 is 14.3 Å². The van der Waals surface area contributed by atoms with Crippen LogP contribution < -0.4 is 10.1 Å². The molecule has 0 heterocycles. The molecule has 4 heteroatoms. The number of carbonyl (C=O) groups is 1.